The standard InChI is InChI=1S/C10H21Si.3C4H9.Sn/c1-6-7-8-9-10(2)11(3,4)5;3*1-3-4-2;/h9H,2,6-8H2,1,3-5H3;3*1,3-4H2,2H3;/b10-9+;;;;. The molecule has 0 aromatic rings. The van der Waals surface area contributed by atoms with Crippen molar-refractivity contribution in [3.05, 3.63) is 11.3 Å². The third-order valence-electron chi connectivity index (χ3n) is 5.66. The molecule has 0 rings (SSSR count). The first-order valence-electron chi connectivity index (χ1n) is 11.0. The third kappa shape index (κ3) is 10.7. The van der Waals surface area contributed by atoms with Crippen molar-refractivity contribution >= 4 is 26.5 Å². The molecule has 0 atom stereocenters. The van der Waals surface area contributed by atoms with Gasteiger partial charge in [0, 0.05) is 0 Å². The van der Waals surface area contributed by atoms with Gasteiger partial charge in [-0.2, -0.15) is 0 Å². The van der Waals surface area contributed by atoms with Crippen molar-refractivity contribution in [2.75, 3.05) is 0 Å². The molecular weight excluding hydrogens is 411 g/mol. The van der Waals surface area contributed by atoms with Gasteiger partial charge in [0.25, 0.3) is 0 Å². The number of unbranched alkanes of at least 4 members (excludes halogenated alkanes) is 5. The van der Waals surface area contributed by atoms with E-state index in [4.69, 9.17) is 0 Å². The summed E-state index contributed by atoms with van der Waals surface area (Å²) in [7, 11) is -1.15. The quantitative estimate of drug-likeness (QED) is 0.170. The molecule has 0 aliphatic rings. The Morgan fingerprint density at radius 2 is 1.12 bits per heavy atom. The first kappa shape index (κ1) is 24.8. The van der Waals surface area contributed by atoms with E-state index in [1.165, 1.54) is 57.8 Å². The molecule has 0 saturated carbocycles. The van der Waals surface area contributed by atoms with Crippen molar-refractivity contribution in [2.24, 2.45) is 0 Å². The number of rotatable bonds is 15. The van der Waals surface area contributed by atoms with Crippen LogP contribution in [-0.4, -0.2) is 26.5 Å². The van der Waals surface area contributed by atoms with Gasteiger partial charge in [-0.15, -0.1) is 0 Å². The first-order chi connectivity index (χ1) is 11.3. The third-order valence-corrected chi connectivity index (χ3v) is 24.3. The molecule has 24 heavy (non-hydrogen) atoms. The summed E-state index contributed by atoms with van der Waals surface area (Å²) in [5.41, 5.74) is 0. The van der Waals surface area contributed by atoms with Crippen molar-refractivity contribution in [3.63, 3.8) is 0 Å². The van der Waals surface area contributed by atoms with Gasteiger partial charge in [-0.3, -0.25) is 0 Å². The predicted molar refractivity (Wildman–Crippen MR) is 121 cm³/mol. The van der Waals surface area contributed by atoms with E-state index in [2.05, 4.69) is 53.4 Å². The van der Waals surface area contributed by atoms with E-state index in [0.717, 1.165) is 0 Å². The van der Waals surface area contributed by atoms with Crippen LogP contribution in [0.2, 0.25) is 37.4 Å². The van der Waals surface area contributed by atoms with Crippen LogP contribution in [0.1, 0.15) is 85.5 Å². The molecule has 0 bridgehead atoms. The van der Waals surface area contributed by atoms with E-state index < -0.39 is 26.5 Å². The molecular formula is C22H48SiSn. The van der Waals surface area contributed by atoms with Crippen LogP contribution in [0.5, 0.6) is 0 Å². The van der Waals surface area contributed by atoms with Crippen molar-refractivity contribution in [1.82, 2.24) is 0 Å². The van der Waals surface area contributed by atoms with Crippen LogP contribution in [0.4, 0.5) is 0 Å². The normalized spacial score (nSPS) is 13.5. The minimum atomic E-state index is -2.01. The zero-order valence-corrected chi connectivity index (χ0v) is 22.1. The molecule has 0 heterocycles. The SMILES string of the molecule is CCCC/C=C(\[CH2][Sn]([CH2]CCC)([CH2]CCC)[CH2]CCC)[Si](C)(C)C. The van der Waals surface area contributed by atoms with Gasteiger partial charge in [0.05, 0.1) is 0 Å². The maximum absolute atomic E-state index is 2.73. The van der Waals surface area contributed by atoms with Crippen LogP contribution >= 0.6 is 0 Å². The number of hydrogen-bond donors (Lipinski definition) is 0. The molecule has 0 aliphatic heterocycles. The Morgan fingerprint density at radius 1 is 0.708 bits per heavy atom. The Balaban J connectivity index is 5.39. The van der Waals surface area contributed by atoms with Crippen LogP contribution in [0.15, 0.2) is 11.3 Å². The van der Waals surface area contributed by atoms with E-state index in [0.29, 0.717) is 0 Å². The van der Waals surface area contributed by atoms with Gasteiger partial charge < -0.3 is 0 Å². The molecule has 0 unspecified atom stereocenters. The van der Waals surface area contributed by atoms with Gasteiger partial charge >= 0.3 is 161 Å². The molecule has 0 aliphatic carbocycles. The molecule has 0 aromatic heterocycles. The molecule has 0 nitrogen and oxygen atoms in total. The second-order valence-electron chi connectivity index (χ2n) is 9.11. The summed E-state index contributed by atoms with van der Waals surface area (Å²) < 4.78 is 6.62. The van der Waals surface area contributed by atoms with Crippen molar-refractivity contribution in [1.29, 1.82) is 0 Å². The summed E-state index contributed by atoms with van der Waals surface area (Å²) in [5, 5.41) is 1.97. The summed E-state index contributed by atoms with van der Waals surface area (Å²) in [6.07, 6.45) is 15.5. The van der Waals surface area contributed by atoms with Crippen LogP contribution < -0.4 is 0 Å². The van der Waals surface area contributed by atoms with Gasteiger partial charge in [-0.1, -0.05) is 0 Å². The fraction of sp³-hybridized carbons (Fsp3) is 0.909. The van der Waals surface area contributed by atoms with Gasteiger partial charge in [-0.25, -0.2) is 0 Å². The Kier molecular flexibility index (Phi) is 14.3. The van der Waals surface area contributed by atoms with Gasteiger partial charge in [0.1, 0.15) is 0 Å². The second-order valence-corrected chi connectivity index (χ2v) is 28.1. The van der Waals surface area contributed by atoms with E-state index in [1.54, 1.807) is 17.7 Å². The molecule has 0 fully saturated rings. The molecule has 0 spiro atoms. The molecule has 0 radical (unpaired) electrons. The Morgan fingerprint density at radius 3 is 1.46 bits per heavy atom. The fourth-order valence-electron chi connectivity index (χ4n) is 3.82. The zero-order valence-electron chi connectivity index (χ0n) is 18.3. The van der Waals surface area contributed by atoms with Crippen LogP contribution in [0.3, 0.4) is 0 Å². The molecule has 2 heteroatoms. The zero-order chi connectivity index (χ0) is 18.5. The minimum absolute atomic E-state index is 1.15. The van der Waals surface area contributed by atoms with E-state index >= 15 is 0 Å². The van der Waals surface area contributed by atoms with Crippen molar-refractivity contribution in [2.45, 2.75) is 123 Å². The average Bonchev–Trinajstić information content (AvgIpc) is 2.54. The van der Waals surface area contributed by atoms with Crippen LogP contribution in [0.25, 0.3) is 0 Å². The van der Waals surface area contributed by atoms with E-state index in [1.807, 2.05) is 5.20 Å². The number of hydrogen-bond acceptors (Lipinski definition) is 0. The topological polar surface area (TPSA) is 0 Å². The maximum atomic E-state index is 2.73. The molecule has 0 N–H and O–H groups in total. The summed E-state index contributed by atoms with van der Waals surface area (Å²) in [6.45, 7) is 17.3. The van der Waals surface area contributed by atoms with E-state index in [9.17, 15) is 0 Å². The van der Waals surface area contributed by atoms with Gasteiger partial charge in [0.15, 0.2) is 0 Å². The van der Waals surface area contributed by atoms with Gasteiger partial charge in [0.2, 0.25) is 0 Å². The average molecular weight is 459 g/mol. The second kappa shape index (κ2) is 13.9. The van der Waals surface area contributed by atoms with Crippen LogP contribution in [0, 0.1) is 0 Å². The Bertz CT molecular complexity index is 306. The summed E-state index contributed by atoms with van der Waals surface area (Å²) in [6, 6.07) is 0. The Labute approximate surface area is 160 Å². The molecule has 144 valence electrons. The first-order valence-corrected chi connectivity index (χ1v) is 22.6. The predicted octanol–water partition coefficient (Wildman–Crippen LogP) is 8.83. The van der Waals surface area contributed by atoms with Crippen molar-refractivity contribution in [3.8, 4) is 0 Å². The molecule has 0 saturated heterocycles. The Hall–Kier alpha value is 0.756. The summed E-state index contributed by atoms with van der Waals surface area (Å²) >= 11 is -2.01. The van der Waals surface area contributed by atoms with Gasteiger partial charge in [-0.05, 0) is 0 Å². The van der Waals surface area contributed by atoms with E-state index in [-0.39, 0.29) is 0 Å². The van der Waals surface area contributed by atoms with Crippen molar-refractivity contribution < 1.29 is 0 Å². The number of allylic oxidation sites excluding steroid dienone is 2. The molecule has 0 amide bonds. The summed E-state index contributed by atoms with van der Waals surface area (Å²) in [4.78, 5) is 0. The molecule has 0 aromatic carbocycles. The summed E-state index contributed by atoms with van der Waals surface area (Å²) in [5.74, 6) is 0. The monoisotopic (exact) mass is 460 g/mol. The fourth-order valence-corrected chi connectivity index (χ4v) is 28.0. The van der Waals surface area contributed by atoms with Crippen LogP contribution in [-0.2, 0) is 0 Å².